The van der Waals surface area contributed by atoms with Crippen LogP contribution in [0.5, 0.6) is 5.75 Å². The summed E-state index contributed by atoms with van der Waals surface area (Å²) in [6, 6.07) is 19.4. The highest BCUT2D eigenvalue weighted by molar-refractivity contribution is 5.79. The Hall–Kier alpha value is -4.00. The van der Waals surface area contributed by atoms with Gasteiger partial charge in [-0.25, -0.2) is 4.39 Å². The van der Waals surface area contributed by atoms with E-state index in [1.54, 1.807) is 31.6 Å². The summed E-state index contributed by atoms with van der Waals surface area (Å²) in [5.41, 5.74) is 4.16. The fraction of sp³-hybridized carbons (Fsp3) is 0.160. The molecule has 0 unspecified atom stereocenters. The number of methoxy groups -OCH3 is 1. The molecule has 0 radical (unpaired) electrons. The highest BCUT2D eigenvalue weighted by Gasteiger charge is 2.13. The van der Waals surface area contributed by atoms with Crippen LogP contribution in [-0.4, -0.2) is 34.3 Å². The summed E-state index contributed by atoms with van der Waals surface area (Å²) in [4.78, 5) is 16.6. The van der Waals surface area contributed by atoms with Crippen LogP contribution in [0.4, 0.5) is 4.39 Å². The predicted molar refractivity (Wildman–Crippen MR) is 121 cm³/mol. The molecule has 4 aromatic rings. The van der Waals surface area contributed by atoms with Gasteiger partial charge >= 0.3 is 0 Å². The molecular weight excluding hydrogens is 407 g/mol. The minimum Gasteiger partial charge on any atom is -0.496 e. The van der Waals surface area contributed by atoms with Gasteiger partial charge in [0, 0.05) is 35.6 Å². The first-order chi connectivity index (χ1) is 15.6. The van der Waals surface area contributed by atoms with Crippen molar-refractivity contribution in [3.8, 4) is 28.3 Å². The van der Waals surface area contributed by atoms with Crippen LogP contribution in [0.1, 0.15) is 5.56 Å². The number of nitrogens with zero attached hydrogens (tertiary/aromatic N) is 3. The number of pyridine rings is 1. The third-order valence-corrected chi connectivity index (χ3v) is 5.07. The summed E-state index contributed by atoms with van der Waals surface area (Å²) in [6.07, 6.45) is 3.71. The normalized spacial score (nSPS) is 10.7. The first-order valence-corrected chi connectivity index (χ1v) is 10.3. The zero-order valence-corrected chi connectivity index (χ0v) is 17.7. The number of nitrogens with one attached hydrogen (secondary N) is 1. The van der Waals surface area contributed by atoms with E-state index in [-0.39, 0.29) is 18.1 Å². The number of aromatic nitrogens is 3. The molecule has 0 atom stereocenters. The summed E-state index contributed by atoms with van der Waals surface area (Å²) in [5.74, 6) is 0.305. The largest absolute Gasteiger partial charge is 0.496 e. The zero-order valence-electron chi connectivity index (χ0n) is 17.7. The molecule has 2 heterocycles. The SMILES string of the molecule is COc1ccccc1CC(=O)NCCn1nc(-c2ccc(F)cc2)cc1-c1cccnc1. The van der Waals surface area contributed by atoms with Crippen molar-refractivity contribution in [2.45, 2.75) is 13.0 Å². The van der Waals surface area contributed by atoms with Crippen LogP contribution >= 0.6 is 0 Å². The molecule has 1 N–H and O–H groups in total. The van der Waals surface area contributed by atoms with Gasteiger partial charge in [-0.15, -0.1) is 0 Å². The summed E-state index contributed by atoms with van der Waals surface area (Å²) >= 11 is 0. The van der Waals surface area contributed by atoms with Crippen LogP contribution in [0.25, 0.3) is 22.5 Å². The van der Waals surface area contributed by atoms with E-state index in [9.17, 15) is 9.18 Å². The first kappa shape index (κ1) is 21.2. The van der Waals surface area contributed by atoms with Crippen LogP contribution in [0, 0.1) is 5.82 Å². The number of para-hydroxylation sites is 1. The Morgan fingerprint density at radius 2 is 1.88 bits per heavy atom. The lowest BCUT2D eigenvalue weighted by Crippen LogP contribution is -2.29. The lowest BCUT2D eigenvalue weighted by Gasteiger charge is -2.10. The topological polar surface area (TPSA) is 69.0 Å². The summed E-state index contributed by atoms with van der Waals surface area (Å²) in [6.45, 7) is 0.884. The fourth-order valence-corrected chi connectivity index (χ4v) is 3.48. The molecule has 0 aliphatic carbocycles. The Morgan fingerprint density at radius 3 is 2.62 bits per heavy atom. The second-order valence-electron chi connectivity index (χ2n) is 7.23. The standard InChI is InChI=1S/C25H23FN4O2/c1-32-24-7-3-2-5-19(24)15-25(31)28-13-14-30-23(20-6-4-12-27-17-20)16-22(29-30)18-8-10-21(26)11-9-18/h2-12,16-17H,13-15H2,1H3,(H,28,31). The van der Waals surface area contributed by atoms with Gasteiger partial charge in [0.05, 0.1) is 31.5 Å². The molecule has 7 heteroatoms. The molecular formula is C25H23FN4O2. The summed E-state index contributed by atoms with van der Waals surface area (Å²) in [5, 5.41) is 7.64. The molecule has 0 saturated heterocycles. The van der Waals surface area contributed by atoms with E-state index in [0.717, 1.165) is 28.1 Å². The van der Waals surface area contributed by atoms with Gasteiger partial charge in [0.1, 0.15) is 11.6 Å². The van der Waals surface area contributed by atoms with Gasteiger partial charge in [-0.3, -0.25) is 14.5 Å². The van der Waals surface area contributed by atoms with E-state index in [1.165, 1.54) is 12.1 Å². The van der Waals surface area contributed by atoms with Crippen molar-refractivity contribution in [1.29, 1.82) is 0 Å². The van der Waals surface area contributed by atoms with Crippen molar-refractivity contribution >= 4 is 5.91 Å². The maximum absolute atomic E-state index is 13.3. The summed E-state index contributed by atoms with van der Waals surface area (Å²) < 4.78 is 20.5. The number of hydrogen-bond acceptors (Lipinski definition) is 4. The molecule has 32 heavy (non-hydrogen) atoms. The van der Waals surface area contributed by atoms with Crippen molar-refractivity contribution in [3.05, 3.63) is 90.5 Å². The molecule has 1 amide bonds. The second-order valence-corrected chi connectivity index (χ2v) is 7.23. The van der Waals surface area contributed by atoms with Crippen LogP contribution < -0.4 is 10.1 Å². The average molecular weight is 430 g/mol. The number of ether oxygens (including phenoxy) is 1. The molecule has 4 rings (SSSR count). The number of amides is 1. The number of halogens is 1. The Kier molecular flexibility index (Phi) is 6.55. The van der Waals surface area contributed by atoms with E-state index in [4.69, 9.17) is 4.74 Å². The van der Waals surface area contributed by atoms with Crippen molar-refractivity contribution < 1.29 is 13.9 Å². The van der Waals surface area contributed by atoms with Crippen molar-refractivity contribution in [2.75, 3.05) is 13.7 Å². The van der Waals surface area contributed by atoms with Gasteiger partial charge in [-0.05, 0) is 48.5 Å². The third-order valence-electron chi connectivity index (χ3n) is 5.07. The molecule has 6 nitrogen and oxygen atoms in total. The lowest BCUT2D eigenvalue weighted by molar-refractivity contribution is -0.120. The van der Waals surface area contributed by atoms with Crippen LogP contribution in [0.2, 0.25) is 0 Å². The molecule has 162 valence electrons. The molecule has 2 aromatic carbocycles. The molecule has 0 spiro atoms. The minimum absolute atomic E-state index is 0.0941. The predicted octanol–water partition coefficient (Wildman–Crippen LogP) is 4.12. The molecule has 0 saturated carbocycles. The fourth-order valence-electron chi connectivity index (χ4n) is 3.48. The Labute approximate surface area is 185 Å². The Bertz CT molecular complexity index is 1190. The van der Waals surface area contributed by atoms with Crippen molar-refractivity contribution in [2.24, 2.45) is 0 Å². The smallest absolute Gasteiger partial charge is 0.224 e. The Morgan fingerprint density at radius 1 is 1.06 bits per heavy atom. The van der Waals surface area contributed by atoms with Crippen LogP contribution in [0.15, 0.2) is 79.1 Å². The van der Waals surface area contributed by atoms with Gasteiger partial charge in [-0.2, -0.15) is 5.10 Å². The van der Waals surface area contributed by atoms with Crippen LogP contribution in [-0.2, 0) is 17.8 Å². The third kappa shape index (κ3) is 5.00. The molecule has 0 aliphatic heterocycles. The first-order valence-electron chi connectivity index (χ1n) is 10.3. The van der Waals surface area contributed by atoms with E-state index in [0.29, 0.717) is 18.8 Å². The van der Waals surface area contributed by atoms with Gasteiger partial charge < -0.3 is 10.1 Å². The highest BCUT2D eigenvalue weighted by Crippen LogP contribution is 2.26. The average Bonchev–Trinajstić information content (AvgIpc) is 3.24. The molecule has 0 bridgehead atoms. The maximum atomic E-state index is 13.3. The van der Waals surface area contributed by atoms with E-state index >= 15 is 0 Å². The van der Waals surface area contributed by atoms with Gasteiger partial charge in [0.2, 0.25) is 5.91 Å². The van der Waals surface area contributed by atoms with Crippen molar-refractivity contribution in [1.82, 2.24) is 20.1 Å². The van der Waals surface area contributed by atoms with Gasteiger partial charge in [0.25, 0.3) is 0 Å². The van der Waals surface area contributed by atoms with Crippen molar-refractivity contribution in [3.63, 3.8) is 0 Å². The van der Waals surface area contributed by atoms with E-state index < -0.39 is 0 Å². The van der Waals surface area contributed by atoms with E-state index in [2.05, 4.69) is 15.4 Å². The molecule has 0 fully saturated rings. The summed E-state index contributed by atoms with van der Waals surface area (Å²) in [7, 11) is 1.59. The van der Waals surface area contributed by atoms with Gasteiger partial charge in [-0.1, -0.05) is 18.2 Å². The van der Waals surface area contributed by atoms with Gasteiger partial charge in [0.15, 0.2) is 0 Å². The molecule has 0 aliphatic rings. The quantitative estimate of drug-likeness (QED) is 0.457. The second kappa shape index (κ2) is 9.87. The number of rotatable bonds is 8. The Balaban J connectivity index is 1.48. The number of carbonyl (C=O) groups is 1. The maximum Gasteiger partial charge on any atom is 0.224 e. The van der Waals surface area contributed by atoms with Crippen LogP contribution in [0.3, 0.4) is 0 Å². The number of benzene rings is 2. The minimum atomic E-state index is -0.293. The highest BCUT2D eigenvalue weighted by atomic mass is 19.1. The number of hydrogen-bond donors (Lipinski definition) is 1. The number of carbonyl (C=O) groups excluding carboxylic acids is 1. The zero-order chi connectivity index (χ0) is 22.3. The lowest BCUT2D eigenvalue weighted by atomic mass is 10.1. The van der Waals surface area contributed by atoms with E-state index in [1.807, 2.05) is 47.1 Å². The molecule has 2 aromatic heterocycles. The monoisotopic (exact) mass is 430 g/mol.